The Labute approximate surface area is 125 Å². The quantitative estimate of drug-likeness (QED) is 0.495. The number of hydrogen-bond donors (Lipinski definition) is 0. The van der Waals surface area contributed by atoms with Crippen molar-refractivity contribution in [3.63, 3.8) is 0 Å². The second-order valence-corrected chi connectivity index (χ2v) is 6.49. The molecule has 0 bridgehead atoms. The van der Waals surface area contributed by atoms with E-state index in [1.165, 1.54) is 11.3 Å². The summed E-state index contributed by atoms with van der Waals surface area (Å²) in [4.78, 5) is 28.2. The zero-order valence-corrected chi connectivity index (χ0v) is 12.4. The van der Waals surface area contributed by atoms with Gasteiger partial charge in [0.2, 0.25) is 0 Å². The van der Waals surface area contributed by atoms with Crippen LogP contribution in [0.25, 0.3) is 10.2 Å². The molecule has 1 aliphatic heterocycles. The summed E-state index contributed by atoms with van der Waals surface area (Å²) in [7, 11) is 0. The van der Waals surface area contributed by atoms with Crippen molar-refractivity contribution < 1.29 is 9.72 Å². The summed E-state index contributed by atoms with van der Waals surface area (Å²) in [5.74, 6) is 0.0746. The zero-order chi connectivity index (χ0) is 15.0. The summed E-state index contributed by atoms with van der Waals surface area (Å²) in [6.45, 7) is 3.23. The summed E-state index contributed by atoms with van der Waals surface area (Å²) >= 11 is 1.46. The Balaban J connectivity index is 2.01. The van der Waals surface area contributed by atoms with E-state index in [0.717, 1.165) is 34.4 Å². The largest absolute Gasteiger partial charge is 0.366 e. The van der Waals surface area contributed by atoms with Crippen LogP contribution in [0.1, 0.15) is 17.8 Å². The Hall–Kier alpha value is -2.02. The predicted octanol–water partition coefficient (Wildman–Crippen LogP) is 2.93. The van der Waals surface area contributed by atoms with Crippen LogP contribution in [0.2, 0.25) is 0 Å². The second kappa shape index (κ2) is 5.40. The Morgan fingerprint density at radius 2 is 2.14 bits per heavy atom. The molecule has 0 amide bonds. The number of fused-ring (bicyclic) bond motifs is 1. The molecular weight excluding hydrogens is 290 g/mol. The molecule has 1 aromatic carbocycles. The van der Waals surface area contributed by atoms with E-state index < -0.39 is 0 Å². The second-order valence-electron chi connectivity index (χ2n) is 5.26. The number of aromatic nitrogens is 1. The highest BCUT2D eigenvalue weighted by atomic mass is 32.1. The number of thiazole rings is 1. The first kappa shape index (κ1) is 13.9. The van der Waals surface area contributed by atoms with Crippen LogP contribution in [0.5, 0.6) is 0 Å². The lowest BCUT2D eigenvalue weighted by Gasteiger charge is -2.31. The highest BCUT2D eigenvalue weighted by Gasteiger charge is 2.25. The molecule has 0 spiro atoms. The lowest BCUT2D eigenvalue weighted by Crippen LogP contribution is -2.34. The summed E-state index contributed by atoms with van der Waals surface area (Å²) in [5, 5.41) is 12.2. The smallest absolute Gasteiger partial charge is 0.294 e. The van der Waals surface area contributed by atoms with Gasteiger partial charge in [-0.15, -0.1) is 11.3 Å². The van der Waals surface area contributed by atoms with E-state index in [9.17, 15) is 14.9 Å². The number of piperidine rings is 1. The van der Waals surface area contributed by atoms with Gasteiger partial charge >= 0.3 is 0 Å². The number of nitrogens with zero attached hydrogens (tertiary/aromatic N) is 3. The minimum Gasteiger partial charge on any atom is -0.366 e. The molecule has 2 heterocycles. The third kappa shape index (κ3) is 2.61. The maximum Gasteiger partial charge on any atom is 0.294 e. The average Bonchev–Trinajstić information content (AvgIpc) is 2.85. The number of carbonyl (C=O) groups excluding carboxylic acids is 1. The molecule has 0 atom stereocenters. The van der Waals surface area contributed by atoms with Crippen LogP contribution in [0, 0.1) is 23.0 Å². The van der Waals surface area contributed by atoms with Crippen molar-refractivity contribution in [1.29, 1.82) is 0 Å². The number of aryl methyl sites for hydroxylation is 1. The van der Waals surface area contributed by atoms with Gasteiger partial charge in [-0.05, 0) is 25.8 Å². The number of carbonyl (C=O) groups is 1. The Morgan fingerprint density at radius 3 is 2.76 bits per heavy atom. The maximum absolute atomic E-state index is 11.3. The van der Waals surface area contributed by atoms with Gasteiger partial charge in [0.25, 0.3) is 5.69 Å². The van der Waals surface area contributed by atoms with Crippen LogP contribution in [0.3, 0.4) is 0 Å². The van der Waals surface area contributed by atoms with Gasteiger partial charge in [0.1, 0.15) is 12.0 Å². The van der Waals surface area contributed by atoms with E-state index in [1.807, 2.05) is 11.8 Å². The normalized spacial score (nSPS) is 16.3. The van der Waals surface area contributed by atoms with E-state index in [4.69, 9.17) is 0 Å². The highest BCUT2D eigenvalue weighted by molar-refractivity contribution is 7.18. The molecule has 0 N–H and O–H groups in total. The molecule has 110 valence electrons. The molecule has 2 aromatic rings. The maximum atomic E-state index is 11.3. The molecule has 1 aromatic heterocycles. The van der Waals surface area contributed by atoms with Gasteiger partial charge < -0.3 is 9.69 Å². The molecule has 21 heavy (non-hydrogen) atoms. The minimum atomic E-state index is -0.338. The van der Waals surface area contributed by atoms with Gasteiger partial charge in [0.05, 0.1) is 20.1 Å². The first-order chi connectivity index (χ1) is 10.1. The number of rotatable bonds is 3. The summed E-state index contributed by atoms with van der Waals surface area (Å²) in [6.07, 6.45) is 2.47. The molecule has 1 aliphatic rings. The highest BCUT2D eigenvalue weighted by Crippen LogP contribution is 2.36. The molecule has 6 nitrogen and oxygen atoms in total. The van der Waals surface area contributed by atoms with Crippen molar-refractivity contribution >= 4 is 39.2 Å². The van der Waals surface area contributed by atoms with Gasteiger partial charge in [0, 0.05) is 25.1 Å². The fraction of sp³-hybridized carbons (Fsp3) is 0.429. The van der Waals surface area contributed by atoms with Crippen LogP contribution < -0.4 is 4.90 Å². The number of nitro groups is 1. The molecular formula is C14H15N3O3S. The van der Waals surface area contributed by atoms with Crippen LogP contribution in [0.4, 0.5) is 11.4 Å². The van der Waals surface area contributed by atoms with Crippen LogP contribution in [-0.2, 0) is 4.79 Å². The zero-order valence-electron chi connectivity index (χ0n) is 11.6. The van der Waals surface area contributed by atoms with Crippen LogP contribution in [0.15, 0.2) is 12.1 Å². The van der Waals surface area contributed by atoms with Crippen molar-refractivity contribution in [3.05, 3.63) is 27.3 Å². The van der Waals surface area contributed by atoms with Gasteiger partial charge in [-0.3, -0.25) is 10.1 Å². The van der Waals surface area contributed by atoms with Crippen LogP contribution >= 0.6 is 11.3 Å². The number of aldehydes is 1. The van der Waals surface area contributed by atoms with E-state index >= 15 is 0 Å². The molecule has 1 saturated heterocycles. The van der Waals surface area contributed by atoms with Crippen LogP contribution in [-0.4, -0.2) is 29.3 Å². The van der Waals surface area contributed by atoms with Gasteiger partial charge in [-0.1, -0.05) is 0 Å². The van der Waals surface area contributed by atoms with E-state index in [-0.39, 0.29) is 16.5 Å². The van der Waals surface area contributed by atoms with Gasteiger partial charge in [-0.25, -0.2) is 4.98 Å². The summed E-state index contributed by atoms with van der Waals surface area (Å²) in [5.41, 5.74) is 1.54. The van der Waals surface area contributed by atoms with E-state index in [2.05, 4.69) is 4.98 Å². The van der Waals surface area contributed by atoms with Crippen molar-refractivity contribution in [1.82, 2.24) is 4.98 Å². The minimum absolute atomic E-state index is 0.0746. The van der Waals surface area contributed by atoms with Crippen molar-refractivity contribution in [3.8, 4) is 0 Å². The number of nitro benzene ring substituents is 1. The number of hydrogen-bond acceptors (Lipinski definition) is 6. The van der Waals surface area contributed by atoms with Crippen molar-refractivity contribution in [2.45, 2.75) is 19.8 Å². The van der Waals surface area contributed by atoms with Gasteiger partial charge in [-0.2, -0.15) is 0 Å². The molecule has 1 fully saturated rings. The molecule has 7 heteroatoms. The summed E-state index contributed by atoms with van der Waals surface area (Å²) < 4.78 is 0.839. The molecule has 0 saturated carbocycles. The standard InChI is InChI=1S/C14H15N3O3S/c1-9-15-11-6-12(13(17(19)20)7-14(11)21-9)16-4-2-10(8-18)3-5-16/h6-8,10H,2-5H2,1H3. The third-order valence-electron chi connectivity index (χ3n) is 3.86. The van der Waals surface area contributed by atoms with E-state index in [1.54, 1.807) is 12.1 Å². The summed E-state index contributed by atoms with van der Waals surface area (Å²) in [6, 6.07) is 3.42. The lowest BCUT2D eigenvalue weighted by atomic mass is 9.98. The van der Waals surface area contributed by atoms with Crippen molar-refractivity contribution in [2.24, 2.45) is 5.92 Å². The van der Waals surface area contributed by atoms with Gasteiger partial charge in [0.15, 0.2) is 0 Å². The topological polar surface area (TPSA) is 76.3 Å². The molecule has 0 aliphatic carbocycles. The Kier molecular flexibility index (Phi) is 3.59. The lowest BCUT2D eigenvalue weighted by molar-refractivity contribution is -0.384. The average molecular weight is 305 g/mol. The Morgan fingerprint density at radius 1 is 1.43 bits per heavy atom. The molecule has 0 radical (unpaired) electrons. The monoisotopic (exact) mass is 305 g/mol. The Bertz CT molecular complexity index is 705. The molecule has 0 unspecified atom stereocenters. The van der Waals surface area contributed by atoms with E-state index in [0.29, 0.717) is 18.8 Å². The fourth-order valence-electron chi connectivity index (χ4n) is 2.74. The third-order valence-corrected chi connectivity index (χ3v) is 4.79. The first-order valence-electron chi connectivity index (χ1n) is 6.84. The fourth-order valence-corrected chi connectivity index (χ4v) is 3.59. The first-order valence-corrected chi connectivity index (χ1v) is 7.66. The SMILES string of the molecule is Cc1nc2cc(N3CCC(C=O)CC3)c([N+](=O)[O-])cc2s1. The predicted molar refractivity (Wildman–Crippen MR) is 82.0 cm³/mol. The molecule has 3 rings (SSSR count). The number of benzene rings is 1. The number of anilines is 1. The van der Waals surface area contributed by atoms with Crippen molar-refractivity contribution in [2.75, 3.05) is 18.0 Å².